The molecule has 1 atom stereocenters. The number of benzene rings is 3. The Hall–Kier alpha value is -3.62. The first kappa shape index (κ1) is 25.0. The van der Waals surface area contributed by atoms with Crippen molar-refractivity contribution >= 4 is 55.6 Å². The van der Waals surface area contributed by atoms with Crippen LogP contribution in [0, 0.1) is 0 Å². The summed E-state index contributed by atoms with van der Waals surface area (Å²) in [6.07, 6.45) is 2.24. The summed E-state index contributed by atoms with van der Waals surface area (Å²) >= 11 is 9.84. The number of nitrogens with zero attached hydrogens (tertiary/aromatic N) is 3. The highest BCUT2D eigenvalue weighted by molar-refractivity contribution is 9.10. The summed E-state index contributed by atoms with van der Waals surface area (Å²) in [5.41, 5.74) is 1.43. The second-order valence-electron chi connectivity index (χ2n) is 8.47. The lowest BCUT2D eigenvalue weighted by molar-refractivity contribution is 0.207. The minimum atomic E-state index is -0.336. The fraction of sp³-hybridized carbons (Fsp3) is 0.179. The second kappa shape index (κ2) is 10.4. The zero-order valence-corrected chi connectivity index (χ0v) is 22.7. The van der Waals surface area contributed by atoms with Crippen LogP contribution in [0.25, 0.3) is 33.5 Å². The van der Waals surface area contributed by atoms with Crippen molar-refractivity contribution in [2.75, 3.05) is 7.11 Å². The van der Waals surface area contributed by atoms with Gasteiger partial charge in [-0.05, 0) is 55.8 Å². The summed E-state index contributed by atoms with van der Waals surface area (Å²) in [4.78, 5) is 18.3. The van der Waals surface area contributed by atoms with Gasteiger partial charge in [0.1, 0.15) is 5.58 Å². The molecule has 0 saturated carbocycles. The summed E-state index contributed by atoms with van der Waals surface area (Å²) in [7, 11) is 1.55. The van der Waals surface area contributed by atoms with Crippen LogP contribution in [0.2, 0.25) is 5.02 Å². The Bertz CT molecular complexity index is 1710. The van der Waals surface area contributed by atoms with Gasteiger partial charge in [0.25, 0.3) is 5.56 Å². The summed E-state index contributed by atoms with van der Waals surface area (Å²) in [5, 5.41) is 6.30. The average molecular weight is 581 g/mol. The van der Waals surface area contributed by atoms with E-state index in [9.17, 15) is 4.79 Å². The SMILES string of the molecule is CC[C@@H](C)Oc1c(C=Nn2c(-c3cc4cc(Br)ccc4o3)nc3ccccc3c2=O)cc(Cl)cc1OC. The molecule has 37 heavy (non-hydrogen) atoms. The third-order valence-corrected chi connectivity index (χ3v) is 6.64. The van der Waals surface area contributed by atoms with E-state index in [1.165, 1.54) is 10.9 Å². The Labute approximate surface area is 226 Å². The number of ether oxygens (including phenoxy) is 2. The predicted octanol–water partition coefficient (Wildman–Crippen LogP) is 7.29. The molecule has 0 amide bonds. The van der Waals surface area contributed by atoms with E-state index in [-0.39, 0.29) is 17.5 Å². The van der Waals surface area contributed by atoms with E-state index in [0.717, 1.165) is 16.3 Å². The van der Waals surface area contributed by atoms with E-state index in [4.69, 9.17) is 30.5 Å². The fourth-order valence-corrected chi connectivity index (χ4v) is 4.48. The van der Waals surface area contributed by atoms with E-state index < -0.39 is 0 Å². The maximum Gasteiger partial charge on any atom is 0.282 e. The Kier molecular flexibility index (Phi) is 7.04. The number of furan rings is 1. The number of methoxy groups -OCH3 is 1. The minimum Gasteiger partial charge on any atom is -0.493 e. The lowest BCUT2D eigenvalue weighted by Crippen LogP contribution is -2.20. The highest BCUT2D eigenvalue weighted by Crippen LogP contribution is 2.35. The molecule has 0 aliphatic carbocycles. The molecule has 0 unspecified atom stereocenters. The van der Waals surface area contributed by atoms with Gasteiger partial charge in [-0.15, -0.1) is 0 Å². The van der Waals surface area contributed by atoms with Crippen molar-refractivity contribution in [1.29, 1.82) is 0 Å². The summed E-state index contributed by atoms with van der Waals surface area (Å²) in [5.74, 6) is 1.64. The van der Waals surface area contributed by atoms with Crippen LogP contribution in [0.15, 0.2) is 79.4 Å². The molecule has 0 aliphatic heterocycles. The smallest absolute Gasteiger partial charge is 0.282 e. The molecule has 188 valence electrons. The van der Waals surface area contributed by atoms with E-state index in [1.807, 2.05) is 44.2 Å². The Morgan fingerprint density at radius 2 is 2.00 bits per heavy atom. The molecule has 0 N–H and O–H groups in total. The standard InChI is InChI=1S/C28H23BrClN3O4/c1-4-16(2)36-26-18(12-20(30)14-24(26)35-3)15-31-33-27(32-22-8-6-5-7-21(22)28(33)34)25-13-17-11-19(29)9-10-23(17)37-25/h5-16H,4H2,1-3H3/t16-/m1/s1. The highest BCUT2D eigenvalue weighted by atomic mass is 79.9. The Morgan fingerprint density at radius 3 is 2.78 bits per heavy atom. The average Bonchev–Trinajstić information content (AvgIpc) is 3.32. The van der Waals surface area contributed by atoms with Crippen molar-refractivity contribution in [1.82, 2.24) is 9.66 Å². The van der Waals surface area contributed by atoms with Crippen LogP contribution in [-0.2, 0) is 0 Å². The van der Waals surface area contributed by atoms with E-state index in [1.54, 1.807) is 37.4 Å². The van der Waals surface area contributed by atoms with Gasteiger partial charge in [-0.3, -0.25) is 4.79 Å². The number of aromatic nitrogens is 2. The van der Waals surface area contributed by atoms with Crippen LogP contribution < -0.4 is 15.0 Å². The van der Waals surface area contributed by atoms with Crippen molar-refractivity contribution in [3.63, 3.8) is 0 Å². The fourth-order valence-electron chi connectivity index (χ4n) is 3.88. The van der Waals surface area contributed by atoms with Gasteiger partial charge in [0.15, 0.2) is 17.3 Å². The predicted molar refractivity (Wildman–Crippen MR) is 150 cm³/mol. The molecule has 0 saturated heterocycles. The molecule has 5 aromatic rings. The van der Waals surface area contributed by atoms with Gasteiger partial charge in [-0.2, -0.15) is 9.78 Å². The molecule has 9 heteroatoms. The van der Waals surface area contributed by atoms with E-state index in [0.29, 0.717) is 44.3 Å². The summed E-state index contributed by atoms with van der Waals surface area (Å²) in [6, 6.07) is 18.0. The number of halogens is 2. The molecule has 3 aromatic carbocycles. The summed E-state index contributed by atoms with van der Waals surface area (Å²) < 4.78 is 19.9. The number of hydrogen-bond donors (Lipinski definition) is 0. The van der Waals surface area contributed by atoms with Crippen LogP contribution in [0.5, 0.6) is 11.5 Å². The van der Waals surface area contributed by atoms with Gasteiger partial charge < -0.3 is 13.9 Å². The van der Waals surface area contributed by atoms with Gasteiger partial charge in [0.05, 0.1) is 30.3 Å². The normalized spacial score (nSPS) is 12.5. The third-order valence-electron chi connectivity index (χ3n) is 5.93. The highest BCUT2D eigenvalue weighted by Gasteiger charge is 2.18. The van der Waals surface area contributed by atoms with Crippen LogP contribution in [0.3, 0.4) is 0 Å². The topological polar surface area (TPSA) is 78.9 Å². The number of fused-ring (bicyclic) bond motifs is 2. The zero-order chi connectivity index (χ0) is 26.1. The lowest BCUT2D eigenvalue weighted by Gasteiger charge is -2.18. The van der Waals surface area contributed by atoms with Gasteiger partial charge in [0.2, 0.25) is 5.82 Å². The minimum absolute atomic E-state index is 0.0716. The number of para-hydroxylation sites is 1. The molecule has 5 rings (SSSR count). The molecule has 7 nitrogen and oxygen atoms in total. The quantitative estimate of drug-likeness (QED) is 0.189. The van der Waals surface area contributed by atoms with Gasteiger partial charge in [0, 0.05) is 26.5 Å². The summed E-state index contributed by atoms with van der Waals surface area (Å²) in [6.45, 7) is 3.99. The lowest BCUT2D eigenvalue weighted by atomic mass is 10.2. The van der Waals surface area contributed by atoms with Gasteiger partial charge in [-0.25, -0.2) is 4.98 Å². The van der Waals surface area contributed by atoms with Crippen molar-refractivity contribution in [2.24, 2.45) is 5.10 Å². The number of rotatable bonds is 7. The molecule has 0 bridgehead atoms. The van der Waals surface area contributed by atoms with Crippen molar-refractivity contribution in [3.05, 3.63) is 86.1 Å². The Balaban J connectivity index is 1.71. The molecule has 0 spiro atoms. The third kappa shape index (κ3) is 4.99. The molecule has 0 aliphatic rings. The zero-order valence-electron chi connectivity index (χ0n) is 20.4. The first-order valence-corrected chi connectivity index (χ1v) is 12.8. The van der Waals surface area contributed by atoms with Crippen molar-refractivity contribution in [2.45, 2.75) is 26.4 Å². The van der Waals surface area contributed by atoms with E-state index in [2.05, 4.69) is 21.0 Å². The van der Waals surface area contributed by atoms with Crippen molar-refractivity contribution in [3.8, 4) is 23.1 Å². The maximum atomic E-state index is 13.6. The largest absolute Gasteiger partial charge is 0.493 e. The van der Waals surface area contributed by atoms with Crippen molar-refractivity contribution < 1.29 is 13.9 Å². The molecule has 0 radical (unpaired) electrons. The molecular formula is C28H23BrClN3O4. The molecule has 2 heterocycles. The Morgan fingerprint density at radius 1 is 1.19 bits per heavy atom. The first-order chi connectivity index (χ1) is 17.9. The number of hydrogen-bond acceptors (Lipinski definition) is 6. The van der Waals surface area contributed by atoms with E-state index >= 15 is 0 Å². The van der Waals surface area contributed by atoms with Crippen LogP contribution in [-0.4, -0.2) is 29.1 Å². The van der Waals surface area contributed by atoms with Gasteiger partial charge >= 0.3 is 0 Å². The molecular weight excluding hydrogens is 558 g/mol. The first-order valence-electron chi connectivity index (χ1n) is 11.7. The van der Waals surface area contributed by atoms with Crippen LogP contribution >= 0.6 is 27.5 Å². The monoisotopic (exact) mass is 579 g/mol. The second-order valence-corrected chi connectivity index (χ2v) is 9.82. The maximum absolute atomic E-state index is 13.6. The molecule has 2 aromatic heterocycles. The van der Waals surface area contributed by atoms with Crippen LogP contribution in [0.4, 0.5) is 0 Å². The van der Waals surface area contributed by atoms with Gasteiger partial charge in [-0.1, -0.05) is 46.6 Å². The van der Waals surface area contributed by atoms with Crippen LogP contribution in [0.1, 0.15) is 25.8 Å². The molecule has 0 fully saturated rings.